The second-order valence-corrected chi connectivity index (χ2v) is 19.7. The third kappa shape index (κ3) is 24.0. The highest BCUT2D eigenvalue weighted by atomic mass is 32.1. The number of aromatic nitrogens is 4. The van der Waals surface area contributed by atoms with Crippen LogP contribution in [0.25, 0.3) is 11.2 Å². The van der Waals surface area contributed by atoms with Gasteiger partial charge in [-0.2, -0.15) is 17.6 Å². The first-order chi connectivity index (χ1) is 40.1. The average molecular weight is 1230 g/mol. The molecule has 0 bridgehead atoms. The van der Waals surface area contributed by atoms with Gasteiger partial charge in [-0.05, 0) is 56.9 Å². The molecule has 0 spiro atoms. The van der Waals surface area contributed by atoms with Crippen molar-refractivity contribution in [1.29, 1.82) is 0 Å². The number of carbonyl (C=O) groups is 9. The van der Waals surface area contributed by atoms with Crippen LogP contribution in [0.2, 0.25) is 0 Å². The van der Waals surface area contributed by atoms with E-state index < -0.39 is 208 Å². The minimum atomic E-state index is -2.07. The number of H-pyrrole nitrogens is 1. The monoisotopic (exact) mass is 1230 g/mol. The number of nitrogens with zero attached hydrogens (tertiary/aromatic N) is 3. The van der Waals surface area contributed by atoms with E-state index in [0.29, 0.717) is 11.4 Å². The van der Waals surface area contributed by atoms with Crippen molar-refractivity contribution in [2.45, 2.75) is 144 Å². The Balaban J connectivity index is 1.78. The summed E-state index contributed by atoms with van der Waals surface area (Å²) in [5.74, 6) is -10.7. The fourth-order valence-electron chi connectivity index (χ4n) is 7.59. The Morgan fingerprint density at radius 1 is 0.600 bits per heavy atom. The topological polar surface area (TPSA) is 590 Å². The minimum Gasteiger partial charge on any atom is -0.481 e. The molecule has 0 unspecified atom stereocenters. The molecule has 2 aromatic heterocycles. The molecule has 36 heteroatoms. The van der Waals surface area contributed by atoms with Crippen LogP contribution in [-0.4, -0.2) is 246 Å². The maximum atomic E-state index is 14.1. The molecule has 0 aliphatic carbocycles. The lowest BCUT2D eigenvalue weighted by molar-refractivity contribution is -0.142. The third-order valence-electron chi connectivity index (χ3n) is 12.6. The summed E-state index contributed by atoms with van der Waals surface area (Å²) in [6.45, 7) is -1.79. The number of carboxylic acid groups (broad SMARTS) is 2. The standard InChI is InChI=1S/C49H73N13O22S/c1-21(55-43(78)22-3-5-23(6-4-22)51-14-24-15-54-42-37(56-24)47(82)62-49(50)61-42)2-10-35(71)57-25(7-11-33(69)52-16-29(65)38(74)40(76)31(67)18-63)44(79)59-27(9-13-36(72)73)45(80)58-26(46(81)60-28(20-85)48(83)84)8-12-34(70)53-17-30(66)39(75)41(77)32(68)19-64/h3-6,15,21,25-32,38-41,51,63-68,74-77,85H,2,7-14,16-20H2,1H3,(H,52,69)(H,53,70)(H,55,78)(H,57,71)(H,58,80)(H,59,79)(H,60,81)(H,72,73)(H,83,84)(H3,50,54,61,62,82)/t21-,25+,26+,27+,28+,29+,30+,31-,32-,38-,39-,40-,41-/m1/s1. The SMILES string of the molecule is C[C@H](CCC(=O)N[C@@H](CCC(=O)NC[C@H](O)[C@@H](O)[C@H](O)[C@H](O)CO)C(=O)N[C@@H](CCC(=O)O)C(=O)N[C@@H](CCC(=O)NC[C@H](O)[C@@H](O)[C@H](O)[C@H](O)CO)C(=O)N[C@@H](CS)C(=O)O)NC(=O)c1ccc(NCc2cnc3nc(N)[nH]c(=O)c3n2)cc1. The molecule has 13 atom stereocenters. The summed E-state index contributed by atoms with van der Waals surface area (Å²) in [6, 6.07) is -1.65. The molecule has 35 nitrogen and oxygen atoms in total. The van der Waals surface area contributed by atoms with Crippen molar-refractivity contribution < 1.29 is 104 Å². The number of hydrogen-bond acceptors (Lipinski definition) is 26. The molecule has 0 aliphatic heterocycles. The van der Waals surface area contributed by atoms with Gasteiger partial charge in [-0.25, -0.2) is 14.8 Å². The lowest BCUT2D eigenvalue weighted by Gasteiger charge is -2.26. The Bertz CT molecular complexity index is 2800. The third-order valence-corrected chi connectivity index (χ3v) is 13.0. The molecular weight excluding hydrogens is 1150 g/mol. The normalized spacial score (nSPS) is 16.0. The lowest BCUT2D eigenvalue weighted by Crippen LogP contribution is -2.58. The van der Waals surface area contributed by atoms with Gasteiger partial charge >= 0.3 is 11.9 Å². The Kier molecular flexibility index (Phi) is 29.9. The van der Waals surface area contributed by atoms with Crippen LogP contribution in [0.3, 0.4) is 0 Å². The zero-order valence-corrected chi connectivity index (χ0v) is 46.5. The second kappa shape index (κ2) is 35.5. The van der Waals surface area contributed by atoms with Crippen LogP contribution in [0.4, 0.5) is 11.6 Å². The summed E-state index contributed by atoms with van der Waals surface area (Å²) in [4.78, 5) is 144. The number of aliphatic hydroxyl groups is 10. The molecule has 85 heavy (non-hydrogen) atoms. The zero-order valence-electron chi connectivity index (χ0n) is 45.6. The Labute approximate surface area is 488 Å². The average Bonchev–Trinajstić information content (AvgIpc) is 3.05. The van der Waals surface area contributed by atoms with Crippen molar-refractivity contribution in [3.8, 4) is 0 Å². The summed E-state index contributed by atoms with van der Waals surface area (Å²) in [7, 11) is 0. The van der Waals surface area contributed by atoms with Gasteiger partial charge in [0.1, 0.15) is 60.8 Å². The van der Waals surface area contributed by atoms with Gasteiger partial charge in [-0.3, -0.25) is 48.1 Å². The van der Waals surface area contributed by atoms with Gasteiger partial charge in [0.2, 0.25) is 41.4 Å². The van der Waals surface area contributed by atoms with Crippen LogP contribution in [0.5, 0.6) is 0 Å². The minimum absolute atomic E-state index is 0.0188. The van der Waals surface area contributed by atoms with Gasteiger partial charge in [0.15, 0.2) is 11.2 Å². The number of carboxylic acids is 2. The van der Waals surface area contributed by atoms with E-state index >= 15 is 0 Å². The quantitative estimate of drug-likeness (QED) is 0.0237. The summed E-state index contributed by atoms with van der Waals surface area (Å²) in [6.07, 6.45) is -18.9. The first kappa shape index (κ1) is 71.5. The van der Waals surface area contributed by atoms with Crippen LogP contribution < -0.4 is 53.8 Å². The predicted octanol–water partition coefficient (Wildman–Crippen LogP) is -8.71. The van der Waals surface area contributed by atoms with Crippen molar-refractivity contribution in [3.05, 3.63) is 52.1 Å². The molecule has 23 N–H and O–H groups in total. The van der Waals surface area contributed by atoms with Gasteiger partial charge in [-0.15, -0.1) is 0 Å². The van der Waals surface area contributed by atoms with Crippen LogP contribution in [0.1, 0.15) is 74.3 Å². The first-order valence-corrected chi connectivity index (χ1v) is 26.8. The molecule has 7 amide bonds. The van der Waals surface area contributed by atoms with Gasteiger partial charge in [0.25, 0.3) is 11.5 Å². The molecule has 1 aromatic carbocycles. The van der Waals surface area contributed by atoms with E-state index in [4.69, 9.17) is 15.9 Å². The number of aliphatic hydroxyl groups excluding tert-OH is 10. The van der Waals surface area contributed by atoms with Crippen LogP contribution in [-0.2, 0) is 44.9 Å². The number of nitrogens with one attached hydrogen (secondary N) is 9. The molecule has 3 aromatic rings. The van der Waals surface area contributed by atoms with Crippen molar-refractivity contribution in [2.75, 3.05) is 43.1 Å². The van der Waals surface area contributed by atoms with Crippen LogP contribution in [0.15, 0.2) is 35.3 Å². The molecule has 0 radical (unpaired) electrons. The number of fused-ring (bicyclic) bond motifs is 1. The smallest absolute Gasteiger partial charge is 0.327 e. The number of nitrogen functional groups attached to an aromatic ring is 1. The largest absolute Gasteiger partial charge is 0.481 e. The Hall–Kier alpha value is -7.78. The first-order valence-electron chi connectivity index (χ1n) is 26.2. The molecule has 472 valence electrons. The molecule has 2 heterocycles. The van der Waals surface area contributed by atoms with E-state index in [0.717, 1.165) is 0 Å². The number of hydrogen-bond donors (Lipinski definition) is 23. The number of aliphatic carboxylic acids is 2. The van der Waals surface area contributed by atoms with Gasteiger partial charge in [0, 0.05) is 61.8 Å². The number of nitrogens with two attached hydrogens (primary N) is 1. The summed E-state index contributed by atoms with van der Waals surface area (Å²) in [5.41, 5.74) is 6.19. The van der Waals surface area contributed by atoms with Crippen molar-refractivity contribution in [2.24, 2.45) is 0 Å². The van der Waals surface area contributed by atoms with E-state index in [2.05, 4.69) is 75.1 Å². The van der Waals surface area contributed by atoms with Crippen molar-refractivity contribution >= 4 is 88.7 Å². The summed E-state index contributed by atoms with van der Waals surface area (Å²) >= 11 is 3.89. The van der Waals surface area contributed by atoms with Gasteiger partial charge in [0.05, 0.1) is 43.9 Å². The van der Waals surface area contributed by atoms with Crippen LogP contribution in [0, 0.1) is 0 Å². The van der Waals surface area contributed by atoms with Crippen molar-refractivity contribution in [1.82, 2.24) is 57.2 Å². The zero-order chi connectivity index (χ0) is 63.7. The van der Waals surface area contributed by atoms with E-state index in [1.165, 1.54) is 18.3 Å². The predicted molar refractivity (Wildman–Crippen MR) is 295 cm³/mol. The van der Waals surface area contributed by atoms with E-state index in [9.17, 15) is 99.0 Å². The molecule has 3 rings (SSSR count). The number of rotatable bonds is 38. The summed E-state index contributed by atoms with van der Waals surface area (Å²) in [5, 5.41) is 136. The maximum Gasteiger partial charge on any atom is 0.327 e. The number of thiol groups is 1. The number of amides is 7. The molecule has 0 saturated carbocycles. The Morgan fingerprint density at radius 3 is 1.53 bits per heavy atom. The molecule has 0 fully saturated rings. The maximum absolute atomic E-state index is 14.1. The fourth-order valence-corrected chi connectivity index (χ4v) is 7.84. The Morgan fingerprint density at radius 2 is 1.06 bits per heavy atom. The molecule has 0 saturated heterocycles. The van der Waals surface area contributed by atoms with E-state index in [1.807, 2.05) is 0 Å². The van der Waals surface area contributed by atoms with Gasteiger partial charge < -0.3 is 110 Å². The van der Waals surface area contributed by atoms with E-state index in [-0.39, 0.29) is 42.1 Å². The lowest BCUT2D eigenvalue weighted by atomic mass is 10.0. The number of anilines is 2. The number of benzene rings is 1. The highest BCUT2D eigenvalue weighted by molar-refractivity contribution is 7.80. The molecular formula is C49H73N13O22S. The molecule has 0 aliphatic rings. The van der Waals surface area contributed by atoms with Crippen molar-refractivity contribution in [3.63, 3.8) is 0 Å². The number of carbonyl (C=O) groups excluding carboxylic acids is 7. The van der Waals surface area contributed by atoms with Crippen LogP contribution >= 0.6 is 12.6 Å². The second-order valence-electron chi connectivity index (χ2n) is 19.4. The van der Waals surface area contributed by atoms with E-state index in [1.54, 1.807) is 19.1 Å². The highest BCUT2D eigenvalue weighted by Gasteiger charge is 2.35. The highest BCUT2D eigenvalue weighted by Crippen LogP contribution is 2.14. The summed E-state index contributed by atoms with van der Waals surface area (Å²) < 4.78 is 0. The number of aromatic amines is 1. The fraction of sp³-hybridized carbons (Fsp3) is 0.571. The van der Waals surface area contributed by atoms with Gasteiger partial charge in [-0.1, -0.05) is 0 Å².